The summed E-state index contributed by atoms with van der Waals surface area (Å²) in [7, 11) is 0. The van der Waals surface area contributed by atoms with Gasteiger partial charge in [-0.05, 0) is 75.3 Å². The van der Waals surface area contributed by atoms with E-state index in [1.807, 2.05) is 24.3 Å². The topological polar surface area (TPSA) is 47.6 Å². The number of benzene rings is 1. The van der Waals surface area contributed by atoms with Crippen LogP contribution in [-0.4, -0.2) is 31.3 Å². The molecule has 25 heavy (non-hydrogen) atoms. The van der Waals surface area contributed by atoms with Gasteiger partial charge in [0.25, 0.3) is 0 Å². The van der Waals surface area contributed by atoms with Crippen molar-refractivity contribution in [2.45, 2.75) is 64.5 Å². The van der Waals surface area contributed by atoms with E-state index in [-0.39, 0.29) is 18.1 Å². The van der Waals surface area contributed by atoms with Gasteiger partial charge in [-0.3, -0.25) is 4.79 Å². The molecule has 0 aliphatic heterocycles. The number of ether oxygens (including phenoxy) is 2. The molecule has 2 rings (SSSR count). The molecular weight excluding hydrogens is 382 g/mol. The Balaban J connectivity index is 1.69. The monoisotopic (exact) mass is 411 g/mol. The van der Waals surface area contributed by atoms with Gasteiger partial charge in [-0.2, -0.15) is 0 Å². The number of rotatable bonds is 10. The predicted molar refractivity (Wildman–Crippen MR) is 104 cm³/mol. The van der Waals surface area contributed by atoms with Crippen molar-refractivity contribution in [3.63, 3.8) is 0 Å². The molecule has 0 saturated heterocycles. The molecule has 0 aromatic heterocycles. The lowest BCUT2D eigenvalue weighted by atomic mass is 10.0. The fraction of sp³-hybridized carbons (Fsp3) is 0.650. The van der Waals surface area contributed by atoms with Crippen molar-refractivity contribution >= 4 is 21.9 Å². The van der Waals surface area contributed by atoms with Crippen LogP contribution in [0.15, 0.2) is 28.7 Å². The number of hydrogen-bond donors (Lipinski definition) is 1. The maximum Gasteiger partial charge on any atom is 0.323 e. The zero-order valence-electron chi connectivity index (χ0n) is 15.3. The van der Waals surface area contributed by atoms with Crippen molar-refractivity contribution in [3.8, 4) is 5.75 Å². The van der Waals surface area contributed by atoms with E-state index < -0.39 is 0 Å². The molecule has 0 amide bonds. The Bertz CT molecular complexity index is 512. The summed E-state index contributed by atoms with van der Waals surface area (Å²) in [6, 6.07) is 7.60. The molecule has 0 spiro atoms. The molecular formula is C20H30BrNO3. The second-order valence-corrected chi connectivity index (χ2v) is 8.05. The van der Waals surface area contributed by atoms with Crippen LogP contribution in [0.25, 0.3) is 0 Å². The van der Waals surface area contributed by atoms with Gasteiger partial charge in [-0.1, -0.05) is 29.8 Å². The van der Waals surface area contributed by atoms with E-state index in [2.05, 4.69) is 35.1 Å². The van der Waals surface area contributed by atoms with Gasteiger partial charge in [0.15, 0.2) is 0 Å². The predicted octanol–water partition coefficient (Wildman–Crippen LogP) is 4.71. The third kappa shape index (κ3) is 7.78. The molecule has 0 radical (unpaired) electrons. The fourth-order valence-electron chi connectivity index (χ4n) is 3.06. The van der Waals surface area contributed by atoms with Crippen molar-refractivity contribution < 1.29 is 14.3 Å². The van der Waals surface area contributed by atoms with Gasteiger partial charge >= 0.3 is 5.97 Å². The number of hydrogen-bond acceptors (Lipinski definition) is 4. The largest absolute Gasteiger partial charge is 0.494 e. The molecule has 1 saturated carbocycles. The van der Waals surface area contributed by atoms with Crippen molar-refractivity contribution in [2.75, 3.05) is 13.2 Å². The summed E-state index contributed by atoms with van der Waals surface area (Å²) in [5, 5.41) is 3.36. The van der Waals surface area contributed by atoms with E-state index in [9.17, 15) is 4.79 Å². The maximum atomic E-state index is 12.4. The van der Waals surface area contributed by atoms with Gasteiger partial charge in [-0.25, -0.2) is 0 Å². The SMILES string of the molecule is CC(C)CC(NCCCOc1ccc(Br)cc1)C(=O)OC1CCCC1. The first kappa shape index (κ1) is 20.2. The smallest absolute Gasteiger partial charge is 0.323 e. The Morgan fingerprint density at radius 1 is 1.24 bits per heavy atom. The van der Waals surface area contributed by atoms with Crippen LogP contribution in [0.2, 0.25) is 0 Å². The lowest BCUT2D eigenvalue weighted by Crippen LogP contribution is -2.41. The normalized spacial score (nSPS) is 16.2. The number of nitrogens with one attached hydrogen (secondary N) is 1. The Morgan fingerprint density at radius 3 is 2.56 bits per heavy atom. The maximum absolute atomic E-state index is 12.4. The van der Waals surface area contributed by atoms with Crippen molar-refractivity contribution in [2.24, 2.45) is 5.92 Å². The average molecular weight is 412 g/mol. The summed E-state index contributed by atoms with van der Waals surface area (Å²) < 4.78 is 12.4. The van der Waals surface area contributed by atoms with Crippen molar-refractivity contribution in [1.29, 1.82) is 0 Å². The molecule has 1 N–H and O–H groups in total. The quantitative estimate of drug-likeness (QED) is 0.447. The van der Waals surface area contributed by atoms with Crippen LogP contribution in [-0.2, 0) is 9.53 Å². The van der Waals surface area contributed by atoms with E-state index in [1.165, 1.54) is 12.8 Å². The highest BCUT2D eigenvalue weighted by Crippen LogP contribution is 2.22. The molecule has 1 aliphatic rings. The number of carbonyl (C=O) groups excluding carboxylic acids is 1. The average Bonchev–Trinajstić information content (AvgIpc) is 3.07. The van der Waals surface area contributed by atoms with E-state index in [4.69, 9.17) is 9.47 Å². The molecule has 0 heterocycles. The Morgan fingerprint density at radius 2 is 1.92 bits per heavy atom. The standard InChI is InChI=1S/C20H30BrNO3/c1-15(2)14-19(20(23)25-18-6-3-4-7-18)22-12-5-13-24-17-10-8-16(21)9-11-17/h8-11,15,18-19,22H,3-7,12-14H2,1-2H3. The lowest BCUT2D eigenvalue weighted by Gasteiger charge is -2.21. The number of esters is 1. The van der Waals surface area contributed by atoms with E-state index in [1.54, 1.807) is 0 Å². The van der Waals surface area contributed by atoms with Gasteiger partial charge in [0.05, 0.1) is 6.61 Å². The summed E-state index contributed by atoms with van der Waals surface area (Å²) in [6.07, 6.45) is 6.16. The summed E-state index contributed by atoms with van der Waals surface area (Å²) in [6.45, 7) is 5.64. The summed E-state index contributed by atoms with van der Waals surface area (Å²) in [4.78, 5) is 12.4. The van der Waals surface area contributed by atoms with E-state index >= 15 is 0 Å². The van der Waals surface area contributed by atoms with Gasteiger partial charge in [-0.15, -0.1) is 0 Å². The van der Waals surface area contributed by atoms with Gasteiger partial charge in [0.2, 0.25) is 0 Å². The molecule has 1 atom stereocenters. The van der Waals surface area contributed by atoms with Crippen LogP contribution in [0, 0.1) is 5.92 Å². The molecule has 1 fully saturated rings. The Kier molecular flexibility index (Phi) is 8.76. The van der Waals surface area contributed by atoms with Crippen molar-refractivity contribution in [3.05, 3.63) is 28.7 Å². The third-order valence-corrected chi connectivity index (χ3v) is 4.90. The highest BCUT2D eigenvalue weighted by molar-refractivity contribution is 9.10. The van der Waals surface area contributed by atoms with Crippen LogP contribution in [0.1, 0.15) is 52.4 Å². The van der Waals surface area contributed by atoms with Crippen molar-refractivity contribution in [1.82, 2.24) is 5.32 Å². The molecule has 140 valence electrons. The van der Waals surface area contributed by atoms with Gasteiger partial charge in [0.1, 0.15) is 17.9 Å². The second kappa shape index (κ2) is 10.8. The first-order chi connectivity index (χ1) is 12.0. The molecule has 4 nitrogen and oxygen atoms in total. The number of halogens is 1. The highest BCUT2D eigenvalue weighted by atomic mass is 79.9. The van der Waals surface area contributed by atoms with Crippen LogP contribution in [0.3, 0.4) is 0 Å². The number of carbonyl (C=O) groups is 1. The van der Waals surface area contributed by atoms with Crippen LogP contribution in [0.4, 0.5) is 0 Å². The molecule has 5 heteroatoms. The zero-order valence-corrected chi connectivity index (χ0v) is 16.9. The minimum atomic E-state index is -0.215. The summed E-state index contributed by atoms with van der Waals surface area (Å²) in [5.41, 5.74) is 0. The first-order valence-electron chi connectivity index (χ1n) is 9.37. The van der Waals surface area contributed by atoms with Crippen LogP contribution >= 0.6 is 15.9 Å². The molecule has 1 aromatic rings. The molecule has 0 bridgehead atoms. The second-order valence-electron chi connectivity index (χ2n) is 7.14. The Labute approximate surface area is 159 Å². The third-order valence-electron chi connectivity index (χ3n) is 4.37. The Hall–Kier alpha value is -1.07. The van der Waals surface area contributed by atoms with Gasteiger partial charge < -0.3 is 14.8 Å². The van der Waals surface area contributed by atoms with Gasteiger partial charge in [0, 0.05) is 4.47 Å². The van der Waals surface area contributed by atoms with E-state index in [0.29, 0.717) is 12.5 Å². The summed E-state index contributed by atoms with van der Waals surface area (Å²) >= 11 is 3.41. The van der Waals surface area contributed by atoms with Crippen LogP contribution in [0.5, 0.6) is 5.75 Å². The fourth-order valence-corrected chi connectivity index (χ4v) is 3.32. The minimum absolute atomic E-state index is 0.0885. The lowest BCUT2D eigenvalue weighted by molar-refractivity contribution is -0.151. The molecule has 1 aromatic carbocycles. The first-order valence-corrected chi connectivity index (χ1v) is 10.2. The minimum Gasteiger partial charge on any atom is -0.494 e. The van der Waals surface area contributed by atoms with Crippen LogP contribution < -0.4 is 10.1 Å². The summed E-state index contributed by atoms with van der Waals surface area (Å²) in [5.74, 6) is 1.23. The van der Waals surface area contributed by atoms with E-state index in [0.717, 1.165) is 42.5 Å². The molecule has 1 aliphatic carbocycles. The zero-order chi connectivity index (χ0) is 18.1. The molecule has 1 unspecified atom stereocenters. The highest BCUT2D eigenvalue weighted by Gasteiger charge is 2.25.